The number of benzene rings is 1. The minimum absolute atomic E-state index is 0. The van der Waals surface area contributed by atoms with Gasteiger partial charge in [-0.15, -0.1) is 0 Å². The molecule has 0 saturated heterocycles. The van der Waals surface area contributed by atoms with Gasteiger partial charge in [0, 0.05) is 9.30 Å². The molecule has 1 aromatic rings. The van der Waals surface area contributed by atoms with Crippen LogP contribution >= 0.6 is 48.9 Å². The van der Waals surface area contributed by atoms with E-state index in [2.05, 4.69) is 118 Å². The van der Waals surface area contributed by atoms with Gasteiger partial charge < -0.3 is 14.9 Å². The Bertz CT molecular complexity index is 857. The van der Waals surface area contributed by atoms with Crippen LogP contribution in [-0.2, 0) is 27.3 Å². The molecule has 0 spiro atoms. The fourth-order valence-corrected chi connectivity index (χ4v) is 8.92. The van der Waals surface area contributed by atoms with Crippen molar-refractivity contribution in [1.29, 1.82) is 0 Å². The number of allylic oxidation sites excluding steroid dienone is 1. The molecule has 3 fully saturated rings. The van der Waals surface area contributed by atoms with Crippen molar-refractivity contribution in [3.05, 3.63) is 54.2 Å². The van der Waals surface area contributed by atoms with Gasteiger partial charge >= 0.3 is 37.9 Å². The molecular weight excluding hydrogens is 754 g/mol. The van der Waals surface area contributed by atoms with Crippen molar-refractivity contribution >= 4 is 55.0 Å². The Morgan fingerprint density at radius 2 is 1.34 bits per heavy atom. The van der Waals surface area contributed by atoms with E-state index in [0.29, 0.717) is 5.92 Å². The number of fused-ring (bicyclic) bond motifs is 2. The summed E-state index contributed by atoms with van der Waals surface area (Å²) >= 11 is 6.64. The Morgan fingerprint density at radius 1 is 0.829 bits per heavy atom. The molecule has 0 bridgehead atoms. The van der Waals surface area contributed by atoms with E-state index in [9.17, 15) is 0 Å². The first-order valence-electron chi connectivity index (χ1n) is 15.4. The van der Waals surface area contributed by atoms with Crippen LogP contribution in [-0.4, -0.2) is 4.83 Å². The van der Waals surface area contributed by atoms with Gasteiger partial charge in [0.15, 0.2) is 0 Å². The van der Waals surface area contributed by atoms with E-state index in [-0.39, 0.29) is 14.9 Å². The van der Waals surface area contributed by atoms with Gasteiger partial charge in [0.05, 0.1) is 0 Å². The van der Waals surface area contributed by atoms with Crippen molar-refractivity contribution in [1.82, 2.24) is 0 Å². The minimum atomic E-state index is -0.826. The van der Waals surface area contributed by atoms with Gasteiger partial charge in [0.25, 0.3) is 0 Å². The first-order valence-corrected chi connectivity index (χ1v) is 23.5. The van der Waals surface area contributed by atoms with Crippen LogP contribution < -0.4 is 0 Å². The molecule has 4 aliphatic rings. The van der Waals surface area contributed by atoms with Crippen LogP contribution in [0.1, 0.15) is 106 Å². The van der Waals surface area contributed by atoms with E-state index < -0.39 is 20.8 Å². The van der Waals surface area contributed by atoms with Crippen LogP contribution in [0.3, 0.4) is 0 Å². The summed E-state index contributed by atoms with van der Waals surface area (Å²) in [5.74, 6) is 9.35. The zero-order valence-electron chi connectivity index (χ0n) is 27.9. The van der Waals surface area contributed by atoms with Crippen LogP contribution in [0.4, 0.5) is 0 Å². The molecule has 0 aliphatic heterocycles. The topological polar surface area (TPSA) is 0 Å². The first-order chi connectivity index (χ1) is 18.3. The number of hydrogen-bond donors (Lipinski definition) is 0. The van der Waals surface area contributed by atoms with E-state index in [1.165, 1.54) is 47.7 Å². The van der Waals surface area contributed by atoms with Gasteiger partial charge in [-0.25, -0.2) is 0 Å². The average molecular weight is 815 g/mol. The van der Waals surface area contributed by atoms with Crippen molar-refractivity contribution in [2.24, 2.45) is 59.2 Å². The molecule has 41 heavy (non-hydrogen) atoms. The number of rotatable bonds is 2. The second-order valence-electron chi connectivity index (χ2n) is 13.6. The van der Waals surface area contributed by atoms with Crippen LogP contribution in [0, 0.1) is 74.0 Å². The molecule has 0 N–H and O–H groups in total. The molecular formula is C36H60Br2Cl2Zr. The molecule has 0 aromatic heterocycles. The molecule has 5 rings (SSSR count). The zero-order valence-corrected chi connectivity index (χ0v) is 35.1. The Hall–Kier alpha value is 1.38. The number of hydrogen-bond acceptors (Lipinski definition) is 0. The van der Waals surface area contributed by atoms with Gasteiger partial charge in [-0.3, -0.25) is 0 Å². The maximum atomic E-state index is 4.93. The summed E-state index contributed by atoms with van der Waals surface area (Å²) in [6, 6.07) is 6.41. The second kappa shape index (κ2) is 20.5. The molecule has 4 aliphatic carbocycles. The third-order valence-corrected chi connectivity index (χ3v) is 12.9. The maximum absolute atomic E-state index is 4.93. The van der Waals surface area contributed by atoms with E-state index >= 15 is 0 Å². The zero-order chi connectivity index (χ0) is 29.4. The van der Waals surface area contributed by atoms with Crippen molar-refractivity contribution in [2.45, 2.75) is 106 Å². The van der Waals surface area contributed by atoms with Crippen molar-refractivity contribution in [2.75, 3.05) is 0 Å². The van der Waals surface area contributed by atoms with Gasteiger partial charge in [0.2, 0.25) is 0 Å². The third kappa shape index (κ3) is 11.9. The van der Waals surface area contributed by atoms with Crippen LogP contribution in [0.15, 0.2) is 28.2 Å². The van der Waals surface area contributed by atoms with Crippen molar-refractivity contribution in [3.63, 3.8) is 0 Å². The van der Waals surface area contributed by atoms with Gasteiger partial charge in [-0.1, -0.05) is 131 Å². The molecule has 4 unspecified atom stereocenters. The van der Waals surface area contributed by atoms with E-state index in [0.717, 1.165) is 64.5 Å². The van der Waals surface area contributed by atoms with Crippen molar-refractivity contribution < 1.29 is 20.8 Å². The molecule has 0 heterocycles. The van der Waals surface area contributed by atoms with E-state index in [4.69, 9.17) is 17.0 Å². The summed E-state index contributed by atoms with van der Waals surface area (Å²) in [5.41, 5.74) is 4.38. The summed E-state index contributed by atoms with van der Waals surface area (Å²) in [5, 5.41) is 0. The summed E-state index contributed by atoms with van der Waals surface area (Å²) in [6.45, 7) is 21.3. The van der Waals surface area contributed by atoms with Crippen molar-refractivity contribution in [3.8, 4) is 0 Å². The van der Waals surface area contributed by atoms with Crippen LogP contribution in [0.25, 0.3) is 6.08 Å². The first kappa shape index (κ1) is 42.4. The fraction of sp³-hybridized carbons (Fsp3) is 0.722. The second-order valence-corrected chi connectivity index (χ2v) is 19.3. The van der Waals surface area contributed by atoms with Gasteiger partial charge in [0.1, 0.15) is 0 Å². The van der Waals surface area contributed by atoms with Crippen LogP contribution in [0.5, 0.6) is 0 Å². The predicted octanol–water partition coefficient (Wildman–Crippen LogP) is 13.7. The fourth-order valence-electron chi connectivity index (χ4n) is 7.43. The molecule has 3 saturated carbocycles. The molecule has 0 nitrogen and oxygen atoms in total. The Kier molecular flexibility index (Phi) is 21.2. The van der Waals surface area contributed by atoms with Gasteiger partial charge in [-0.2, -0.15) is 0 Å². The molecule has 0 radical (unpaired) electrons. The molecule has 1 aromatic carbocycles. The summed E-state index contributed by atoms with van der Waals surface area (Å²) in [4.78, 5) is 0.843. The standard InChI is InChI=1S/C12H21Br.C12H13Br.C10H20.2CH3.2ClH.Zr/c2*1-8(2)10-6-9-4-3-5-12(13)11(9)7-10;1-6-7(2)9(4)10(5)8(6)3;;;;;/h8-12H,3-7H2,1-2H3;3-6,8H,7H2,1-2H3;6-10H,1-5H3;2*1H3;2*1H;/q;;;2*-1;;;+4/p-2. The van der Waals surface area contributed by atoms with E-state index in [1.54, 1.807) is 5.57 Å². The normalized spacial score (nSPS) is 32.8. The number of halogens is 4. The third-order valence-electron chi connectivity index (χ3n) is 11.0. The number of alkyl halides is 1. The van der Waals surface area contributed by atoms with E-state index in [1.807, 2.05) is 0 Å². The SMILES string of the molecule is CC(C)C1=Cc2cccc(Br)c2C1.CC(C)C1CC2CCCC(Br)C2C1.CC1C(C)C(C)C(C)C1C.[CH3-].[CH3-].[Cl][Zr+2][Cl]. The molecule has 236 valence electrons. The Balaban J connectivity index is 0.000000550. The summed E-state index contributed by atoms with van der Waals surface area (Å²) in [7, 11) is 9.87. The monoisotopic (exact) mass is 810 g/mol. The molecule has 0 amide bonds. The average Bonchev–Trinajstić information content (AvgIpc) is 3.58. The predicted molar refractivity (Wildman–Crippen MR) is 192 cm³/mol. The molecule has 5 heteroatoms. The quantitative estimate of drug-likeness (QED) is 0.206. The summed E-state index contributed by atoms with van der Waals surface area (Å²) in [6.07, 6.45) is 10.9. The Labute approximate surface area is 292 Å². The van der Waals surface area contributed by atoms with Gasteiger partial charge in [-0.05, 0) is 102 Å². The summed E-state index contributed by atoms with van der Waals surface area (Å²) < 4.78 is 1.25. The Morgan fingerprint density at radius 3 is 1.76 bits per heavy atom. The van der Waals surface area contributed by atoms with Crippen LogP contribution in [0.2, 0.25) is 0 Å². The molecule has 4 atom stereocenters.